The molecule has 10 heteroatoms. The molecule has 9 nitrogen and oxygen atoms in total. The first-order chi connectivity index (χ1) is 14.8. The van der Waals surface area contributed by atoms with Crippen LogP contribution in [0.2, 0.25) is 0 Å². The molecular formula is C20H14N8OS. The van der Waals surface area contributed by atoms with E-state index in [4.69, 9.17) is 4.99 Å². The van der Waals surface area contributed by atoms with Crippen LogP contribution < -0.4 is 5.32 Å². The largest absolute Gasteiger partial charge is 0.348 e. The number of fused-ring (bicyclic) bond motifs is 2. The molecule has 1 amide bonds. The molecular weight excluding hydrogens is 400 g/mol. The highest BCUT2D eigenvalue weighted by Gasteiger charge is 2.25. The normalized spacial score (nSPS) is 12.3. The lowest BCUT2D eigenvalue weighted by Gasteiger charge is -2.07. The maximum Gasteiger partial charge on any atom is 0.253 e. The van der Waals surface area contributed by atoms with Gasteiger partial charge in [-0.25, -0.2) is 9.98 Å². The fourth-order valence-electron chi connectivity index (χ4n) is 2.90. The Balaban J connectivity index is 1.49. The summed E-state index contributed by atoms with van der Waals surface area (Å²) in [4.78, 5) is 30.3. The molecule has 4 aromatic heterocycles. The minimum atomic E-state index is -0.241. The van der Waals surface area contributed by atoms with Crippen LogP contribution in [-0.4, -0.2) is 42.0 Å². The summed E-state index contributed by atoms with van der Waals surface area (Å²) in [6.45, 7) is 0.375. The molecule has 2 N–H and O–H groups in total. The number of aromatic nitrogens is 6. The number of H-pyrrole nitrogens is 1. The SMILES string of the molecule is O=C(NCc1cccnc1)c1cnc2c(c1)N=C(c1ccccn1)c1n[nH]nc1S2. The van der Waals surface area contributed by atoms with Crippen LogP contribution in [0.5, 0.6) is 0 Å². The molecule has 0 saturated carbocycles. The molecule has 1 aliphatic rings. The van der Waals surface area contributed by atoms with Crippen LogP contribution in [0.4, 0.5) is 5.69 Å². The van der Waals surface area contributed by atoms with Crippen molar-refractivity contribution in [1.29, 1.82) is 0 Å². The molecule has 146 valence electrons. The van der Waals surface area contributed by atoms with Gasteiger partial charge in [-0.15, -0.1) is 5.10 Å². The van der Waals surface area contributed by atoms with Crippen molar-refractivity contribution in [3.8, 4) is 0 Å². The first-order valence-corrected chi connectivity index (χ1v) is 9.86. The number of aromatic amines is 1. The van der Waals surface area contributed by atoms with Gasteiger partial charge < -0.3 is 5.32 Å². The molecule has 5 heterocycles. The van der Waals surface area contributed by atoms with E-state index in [1.54, 1.807) is 24.7 Å². The van der Waals surface area contributed by atoms with Gasteiger partial charge in [0, 0.05) is 31.3 Å². The second-order valence-electron chi connectivity index (χ2n) is 6.35. The highest BCUT2D eigenvalue weighted by Crippen LogP contribution is 2.38. The number of rotatable bonds is 4. The van der Waals surface area contributed by atoms with Crippen molar-refractivity contribution >= 4 is 29.1 Å². The van der Waals surface area contributed by atoms with E-state index in [0.717, 1.165) is 5.56 Å². The Morgan fingerprint density at radius 3 is 2.83 bits per heavy atom. The third-order valence-corrected chi connectivity index (χ3v) is 5.33. The number of hydrogen-bond acceptors (Lipinski definition) is 8. The Morgan fingerprint density at radius 1 is 1.03 bits per heavy atom. The predicted octanol–water partition coefficient (Wildman–Crippen LogP) is 2.55. The van der Waals surface area contributed by atoms with Gasteiger partial charge in [-0.1, -0.05) is 12.1 Å². The summed E-state index contributed by atoms with van der Waals surface area (Å²) in [7, 11) is 0. The van der Waals surface area contributed by atoms with Gasteiger partial charge in [0.05, 0.1) is 16.9 Å². The van der Waals surface area contributed by atoms with Crippen molar-refractivity contribution in [2.24, 2.45) is 4.99 Å². The number of carbonyl (C=O) groups excluding carboxylic acids is 1. The predicted molar refractivity (Wildman–Crippen MR) is 110 cm³/mol. The zero-order chi connectivity index (χ0) is 20.3. The first-order valence-electron chi connectivity index (χ1n) is 9.04. The molecule has 0 fully saturated rings. The zero-order valence-electron chi connectivity index (χ0n) is 15.5. The molecule has 0 bridgehead atoms. The van der Waals surface area contributed by atoms with E-state index < -0.39 is 0 Å². The third-order valence-electron chi connectivity index (χ3n) is 4.34. The molecule has 0 spiro atoms. The van der Waals surface area contributed by atoms with Crippen molar-refractivity contribution < 1.29 is 4.79 Å². The van der Waals surface area contributed by atoms with E-state index in [2.05, 4.69) is 35.7 Å². The molecule has 0 aromatic carbocycles. The number of nitrogens with zero attached hydrogens (tertiary/aromatic N) is 6. The summed E-state index contributed by atoms with van der Waals surface area (Å²) in [6.07, 6.45) is 6.63. The van der Waals surface area contributed by atoms with E-state index >= 15 is 0 Å². The Kier molecular flexibility index (Phi) is 4.74. The molecule has 0 unspecified atom stereocenters. The van der Waals surface area contributed by atoms with Crippen LogP contribution >= 0.6 is 11.8 Å². The molecule has 0 aliphatic carbocycles. The number of hydrogen-bond donors (Lipinski definition) is 2. The van der Waals surface area contributed by atoms with Crippen molar-refractivity contribution in [3.05, 3.63) is 83.7 Å². The van der Waals surface area contributed by atoms with E-state index in [-0.39, 0.29) is 5.91 Å². The smallest absolute Gasteiger partial charge is 0.253 e. The lowest BCUT2D eigenvalue weighted by atomic mass is 10.2. The molecule has 4 aromatic rings. The van der Waals surface area contributed by atoms with Crippen molar-refractivity contribution in [3.63, 3.8) is 0 Å². The summed E-state index contributed by atoms with van der Waals surface area (Å²) in [5.41, 5.74) is 3.72. The topological polar surface area (TPSA) is 122 Å². The summed E-state index contributed by atoms with van der Waals surface area (Å²) < 4.78 is 0. The highest BCUT2D eigenvalue weighted by atomic mass is 32.2. The van der Waals surface area contributed by atoms with Gasteiger partial charge in [0.2, 0.25) is 0 Å². The Morgan fingerprint density at radius 2 is 2.00 bits per heavy atom. The number of pyridine rings is 3. The molecule has 5 rings (SSSR count). The Bertz CT molecular complexity index is 1240. The van der Waals surface area contributed by atoms with E-state index in [1.807, 2.05) is 30.3 Å². The first kappa shape index (κ1) is 18.1. The summed E-state index contributed by atoms with van der Waals surface area (Å²) in [6, 6.07) is 11.0. The quantitative estimate of drug-likeness (QED) is 0.463. The van der Waals surface area contributed by atoms with E-state index in [0.29, 0.717) is 44.9 Å². The second-order valence-corrected chi connectivity index (χ2v) is 7.32. The van der Waals surface area contributed by atoms with Crippen LogP contribution in [0.25, 0.3) is 0 Å². The lowest BCUT2D eigenvalue weighted by Crippen LogP contribution is -2.23. The number of nitrogens with one attached hydrogen (secondary N) is 2. The van der Waals surface area contributed by atoms with E-state index in [9.17, 15) is 4.79 Å². The minimum absolute atomic E-state index is 0.241. The van der Waals surface area contributed by atoms with Crippen LogP contribution in [0.3, 0.4) is 0 Å². The fourth-order valence-corrected chi connectivity index (χ4v) is 3.73. The number of carbonyl (C=O) groups is 1. The second kappa shape index (κ2) is 7.84. The zero-order valence-corrected chi connectivity index (χ0v) is 16.3. The van der Waals surface area contributed by atoms with Crippen LogP contribution in [-0.2, 0) is 6.54 Å². The molecule has 0 radical (unpaired) electrons. The molecule has 0 atom stereocenters. The summed E-state index contributed by atoms with van der Waals surface area (Å²) in [5, 5.41) is 15.2. The van der Waals surface area contributed by atoms with Gasteiger partial charge in [-0.2, -0.15) is 10.3 Å². The van der Waals surface area contributed by atoms with Crippen LogP contribution in [0, 0.1) is 0 Å². The lowest BCUT2D eigenvalue weighted by molar-refractivity contribution is 0.0950. The van der Waals surface area contributed by atoms with Gasteiger partial charge in [0.1, 0.15) is 16.4 Å². The van der Waals surface area contributed by atoms with Gasteiger partial charge >= 0.3 is 0 Å². The van der Waals surface area contributed by atoms with Crippen molar-refractivity contribution in [2.45, 2.75) is 16.6 Å². The van der Waals surface area contributed by atoms with Gasteiger partial charge in [-0.05, 0) is 41.6 Å². The highest BCUT2D eigenvalue weighted by molar-refractivity contribution is 7.99. The third kappa shape index (κ3) is 3.55. The maximum absolute atomic E-state index is 12.6. The summed E-state index contributed by atoms with van der Waals surface area (Å²) >= 11 is 1.34. The standard InChI is InChI=1S/C20H14N8OS/c29-18(23-10-12-4-3-6-21-9-12)13-8-15-19(24-11-13)30-20-17(26-28-27-20)16(25-15)14-5-1-2-7-22-14/h1-9,11H,10H2,(H,23,29)(H,26,27,28). The monoisotopic (exact) mass is 414 g/mol. The molecule has 1 aliphatic heterocycles. The summed E-state index contributed by atoms with van der Waals surface area (Å²) in [5.74, 6) is -0.241. The minimum Gasteiger partial charge on any atom is -0.348 e. The van der Waals surface area contributed by atoms with Crippen molar-refractivity contribution in [1.82, 2.24) is 35.7 Å². The Hall–Kier alpha value is -3.92. The molecule has 30 heavy (non-hydrogen) atoms. The average molecular weight is 414 g/mol. The average Bonchev–Trinajstić information content (AvgIpc) is 3.19. The van der Waals surface area contributed by atoms with Crippen molar-refractivity contribution in [2.75, 3.05) is 0 Å². The van der Waals surface area contributed by atoms with Gasteiger partial charge in [0.25, 0.3) is 5.91 Å². The number of amides is 1. The van der Waals surface area contributed by atoms with Crippen LogP contribution in [0.1, 0.15) is 27.3 Å². The Labute approximate surface area is 175 Å². The fraction of sp³-hybridized carbons (Fsp3) is 0.0500. The van der Waals surface area contributed by atoms with Gasteiger partial charge in [-0.3, -0.25) is 14.8 Å². The molecule has 0 saturated heterocycles. The maximum atomic E-state index is 12.6. The van der Waals surface area contributed by atoms with E-state index in [1.165, 1.54) is 18.0 Å². The number of aliphatic imine (C=N–C) groups is 1. The van der Waals surface area contributed by atoms with Crippen LogP contribution in [0.15, 0.2) is 76.2 Å². The van der Waals surface area contributed by atoms with Gasteiger partial charge in [0.15, 0.2) is 5.03 Å².